The Hall–Kier alpha value is -3.45. The van der Waals surface area contributed by atoms with E-state index in [4.69, 9.17) is 9.15 Å². The fraction of sp³-hybridized carbons (Fsp3) is 0.292. The molecule has 2 atom stereocenters. The molecular weight excluding hydrogens is 394 g/mol. The zero-order chi connectivity index (χ0) is 21.3. The number of rotatable bonds is 4. The molecular formula is C24H23N3O4. The molecule has 0 unspecified atom stereocenters. The van der Waals surface area contributed by atoms with Crippen LogP contribution in [0.5, 0.6) is 0 Å². The van der Waals surface area contributed by atoms with Crippen LogP contribution in [0.3, 0.4) is 0 Å². The molecule has 31 heavy (non-hydrogen) atoms. The van der Waals surface area contributed by atoms with Gasteiger partial charge in [-0.1, -0.05) is 36.4 Å². The summed E-state index contributed by atoms with van der Waals surface area (Å²) in [5.41, 5.74) is 0.803. The minimum absolute atomic E-state index is 0.0915. The van der Waals surface area contributed by atoms with Crippen molar-refractivity contribution in [1.82, 2.24) is 14.8 Å². The molecule has 7 nitrogen and oxygen atoms in total. The Morgan fingerprint density at radius 3 is 2.74 bits per heavy atom. The zero-order valence-corrected chi connectivity index (χ0v) is 17.0. The van der Waals surface area contributed by atoms with E-state index in [9.17, 15) is 9.59 Å². The molecule has 158 valence electrons. The van der Waals surface area contributed by atoms with Gasteiger partial charge in [0.1, 0.15) is 0 Å². The van der Waals surface area contributed by atoms with Crippen molar-refractivity contribution in [2.75, 3.05) is 26.2 Å². The Morgan fingerprint density at radius 2 is 2.00 bits per heavy atom. The first kappa shape index (κ1) is 19.5. The van der Waals surface area contributed by atoms with Crippen LogP contribution in [0.1, 0.15) is 27.6 Å². The normalized spacial score (nSPS) is 23.5. The number of hydrogen-bond acceptors (Lipinski definition) is 5. The van der Waals surface area contributed by atoms with Crippen molar-refractivity contribution in [1.29, 1.82) is 0 Å². The number of furan rings is 1. The Labute approximate surface area is 180 Å². The van der Waals surface area contributed by atoms with Crippen molar-refractivity contribution in [3.63, 3.8) is 0 Å². The highest BCUT2D eigenvalue weighted by Crippen LogP contribution is 2.42. The predicted octanol–water partition coefficient (Wildman–Crippen LogP) is 2.71. The monoisotopic (exact) mass is 417 g/mol. The molecule has 2 amide bonds. The summed E-state index contributed by atoms with van der Waals surface area (Å²) in [6.45, 7) is 1.97. The second-order valence-corrected chi connectivity index (χ2v) is 7.95. The number of nitrogens with zero attached hydrogens (tertiary/aromatic N) is 3. The summed E-state index contributed by atoms with van der Waals surface area (Å²) in [4.78, 5) is 34.6. The van der Waals surface area contributed by atoms with Gasteiger partial charge in [-0.15, -0.1) is 0 Å². The number of ether oxygens (including phenoxy) is 1. The lowest BCUT2D eigenvalue weighted by atomic mass is 9.83. The van der Waals surface area contributed by atoms with E-state index in [2.05, 4.69) is 4.98 Å². The second-order valence-electron chi connectivity index (χ2n) is 7.95. The van der Waals surface area contributed by atoms with Gasteiger partial charge in [-0.3, -0.25) is 14.6 Å². The lowest BCUT2D eigenvalue weighted by Crippen LogP contribution is -2.60. The van der Waals surface area contributed by atoms with Crippen molar-refractivity contribution in [2.45, 2.75) is 18.1 Å². The van der Waals surface area contributed by atoms with Gasteiger partial charge in [0, 0.05) is 37.9 Å². The molecule has 2 fully saturated rings. The number of likely N-dealkylation sites (tertiary alicyclic amines) is 1. The minimum Gasteiger partial charge on any atom is -0.459 e. The Kier molecular flexibility index (Phi) is 5.03. The molecule has 7 heteroatoms. The maximum Gasteiger partial charge on any atom is 0.289 e. The highest BCUT2D eigenvalue weighted by atomic mass is 16.5. The molecule has 2 aliphatic rings. The molecule has 1 spiro atoms. The maximum absolute atomic E-state index is 13.8. The largest absolute Gasteiger partial charge is 0.459 e. The third-order valence-corrected chi connectivity index (χ3v) is 6.08. The van der Waals surface area contributed by atoms with E-state index in [1.54, 1.807) is 29.4 Å². The summed E-state index contributed by atoms with van der Waals surface area (Å²) in [5.74, 6) is -0.392. The van der Waals surface area contributed by atoms with Gasteiger partial charge < -0.3 is 19.0 Å². The number of carbonyl (C=O) groups excluding carboxylic acids is 2. The Bertz CT molecular complexity index is 1050. The molecule has 0 bridgehead atoms. The van der Waals surface area contributed by atoms with Gasteiger partial charge in [-0.2, -0.15) is 0 Å². The minimum atomic E-state index is -1.14. The standard InChI is InChI=1S/C24H23N3O4/c28-22(21-9-5-12-30-21)27-16-20(19-8-4-10-25-14-19)24(17-27)23(29)26(11-13-31-24)15-18-6-2-1-3-7-18/h1-10,12,14,20H,11,13,15-17H2/t20-,24+/m1/s1. The number of hydrogen-bond donors (Lipinski definition) is 0. The van der Waals surface area contributed by atoms with Crippen molar-refractivity contribution in [2.24, 2.45) is 0 Å². The lowest BCUT2D eigenvalue weighted by Gasteiger charge is -2.42. The molecule has 4 heterocycles. The zero-order valence-electron chi connectivity index (χ0n) is 17.0. The third kappa shape index (κ3) is 3.51. The highest BCUT2D eigenvalue weighted by molar-refractivity contribution is 5.94. The van der Waals surface area contributed by atoms with Crippen LogP contribution in [0.15, 0.2) is 77.7 Å². The van der Waals surface area contributed by atoms with E-state index >= 15 is 0 Å². The SMILES string of the molecule is O=C(c1ccco1)N1C[C@H](c2cccnc2)[C@]2(C1)OCCN(Cc1ccccc1)C2=O. The van der Waals surface area contributed by atoms with E-state index in [0.717, 1.165) is 11.1 Å². The summed E-state index contributed by atoms with van der Waals surface area (Å²) in [6, 6.07) is 17.0. The number of morpholine rings is 1. The number of carbonyl (C=O) groups is 2. The fourth-order valence-electron chi connectivity index (χ4n) is 4.58. The van der Waals surface area contributed by atoms with Crippen LogP contribution in [0.2, 0.25) is 0 Å². The van der Waals surface area contributed by atoms with E-state index in [1.807, 2.05) is 47.4 Å². The predicted molar refractivity (Wildman–Crippen MR) is 112 cm³/mol. The molecule has 1 aromatic carbocycles. The van der Waals surface area contributed by atoms with Crippen molar-refractivity contribution >= 4 is 11.8 Å². The summed E-state index contributed by atoms with van der Waals surface area (Å²) in [5, 5.41) is 0. The topological polar surface area (TPSA) is 75.9 Å². The number of amides is 2. The van der Waals surface area contributed by atoms with Gasteiger partial charge in [0.2, 0.25) is 0 Å². The molecule has 0 aliphatic carbocycles. The van der Waals surface area contributed by atoms with Gasteiger partial charge in [-0.05, 0) is 29.3 Å². The van der Waals surface area contributed by atoms with Crippen LogP contribution >= 0.6 is 0 Å². The summed E-state index contributed by atoms with van der Waals surface area (Å²) in [7, 11) is 0. The molecule has 2 saturated heterocycles. The molecule has 2 aromatic heterocycles. The van der Waals surface area contributed by atoms with Gasteiger partial charge in [-0.25, -0.2) is 0 Å². The van der Waals surface area contributed by atoms with Crippen LogP contribution in [0.4, 0.5) is 0 Å². The Morgan fingerprint density at radius 1 is 1.13 bits per heavy atom. The first-order valence-electron chi connectivity index (χ1n) is 10.4. The van der Waals surface area contributed by atoms with E-state index < -0.39 is 5.60 Å². The van der Waals surface area contributed by atoms with Gasteiger partial charge in [0.15, 0.2) is 11.4 Å². The van der Waals surface area contributed by atoms with Crippen LogP contribution in [0.25, 0.3) is 0 Å². The molecule has 0 radical (unpaired) electrons. The van der Waals surface area contributed by atoms with Crippen LogP contribution < -0.4 is 0 Å². The van der Waals surface area contributed by atoms with Crippen molar-refractivity contribution < 1.29 is 18.7 Å². The van der Waals surface area contributed by atoms with Gasteiger partial charge in [0.05, 0.1) is 19.4 Å². The maximum atomic E-state index is 13.8. The summed E-state index contributed by atoms with van der Waals surface area (Å²) < 4.78 is 11.5. The summed E-state index contributed by atoms with van der Waals surface area (Å²) in [6.07, 6.45) is 4.92. The fourth-order valence-corrected chi connectivity index (χ4v) is 4.58. The lowest BCUT2D eigenvalue weighted by molar-refractivity contribution is -0.172. The highest BCUT2D eigenvalue weighted by Gasteiger charge is 2.58. The third-order valence-electron chi connectivity index (χ3n) is 6.08. The quantitative estimate of drug-likeness (QED) is 0.653. The van der Waals surface area contributed by atoms with Crippen LogP contribution in [-0.2, 0) is 16.1 Å². The van der Waals surface area contributed by atoms with E-state index in [-0.39, 0.29) is 30.0 Å². The average Bonchev–Trinajstić information content (AvgIpc) is 3.47. The molecule has 3 aromatic rings. The molecule has 2 aliphatic heterocycles. The average molecular weight is 417 g/mol. The molecule has 0 saturated carbocycles. The van der Waals surface area contributed by atoms with Gasteiger partial charge in [0.25, 0.3) is 11.8 Å². The van der Waals surface area contributed by atoms with Crippen LogP contribution in [0, 0.1) is 0 Å². The molecule has 0 N–H and O–H groups in total. The second kappa shape index (κ2) is 8.00. The smallest absolute Gasteiger partial charge is 0.289 e. The van der Waals surface area contributed by atoms with Crippen molar-refractivity contribution in [3.05, 3.63) is 90.1 Å². The van der Waals surface area contributed by atoms with Crippen LogP contribution in [-0.4, -0.2) is 58.4 Å². The first-order valence-corrected chi connectivity index (χ1v) is 10.4. The molecule has 5 rings (SSSR count). The first-order chi connectivity index (χ1) is 15.2. The number of pyridine rings is 1. The summed E-state index contributed by atoms with van der Waals surface area (Å²) >= 11 is 0. The van der Waals surface area contributed by atoms with E-state index in [1.165, 1.54) is 6.26 Å². The van der Waals surface area contributed by atoms with Gasteiger partial charge >= 0.3 is 0 Å². The number of aromatic nitrogens is 1. The van der Waals surface area contributed by atoms with E-state index in [0.29, 0.717) is 26.2 Å². The van der Waals surface area contributed by atoms with Crippen molar-refractivity contribution in [3.8, 4) is 0 Å². The number of benzene rings is 1. The Balaban J connectivity index is 1.48.